The van der Waals surface area contributed by atoms with Crippen molar-refractivity contribution in [2.45, 2.75) is 64.2 Å². The lowest BCUT2D eigenvalue weighted by atomic mass is 9.86. The Labute approximate surface area is 162 Å². The monoisotopic (exact) mass is 366 g/mol. The summed E-state index contributed by atoms with van der Waals surface area (Å²) in [6, 6.07) is 7.79. The normalized spacial score (nSPS) is 17.9. The summed E-state index contributed by atoms with van der Waals surface area (Å²) in [6.07, 6.45) is 10.9. The Morgan fingerprint density at radius 1 is 1.07 bits per heavy atom. The second kappa shape index (κ2) is 10.2. The highest BCUT2D eigenvalue weighted by atomic mass is 16.2. The zero-order valence-electron chi connectivity index (χ0n) is 16.1. The van der Waals surface area contributed by atoms with Gasteiger partial charge in [-0.3, -0.25) is 9.59 Å². The number of rotatable bonds is 5. The van der Waals surface area contributed by atoms with Crippen molar-refractivity contribution in [3.63, 3.8) is 0 Å². The lowest BCUT2D eigenvalue weighted by Gasteiger charge is -2.26. The number of amides is 2. The number of benzene rings is 1. The van der Waals surface area contributed by atoms with Crippen LogP contribution < -0.4 is 10.2 Å². The highest BCUT2D eigenvalue weighted by Crippen LogP contribution is 2.27. The predicted octanol–water partition coefficient (Wildman–Crippen LogP) is 4.03. The molecule has 1 aromatic rings. The van der Waals surface area contributed by atoms with E-state index < -0.39 is 0 Å². The molecule has 1 saturated heterocycles. The fraction of sp³-hybridized carbons (Fsp3) is 0.565. The Balaban J connectivity index is 1.40. The molecule has 0 radical (unpaired) electrons. The van der Waals surface area contributed by atoms with Crippen molar-refractivity contribution < 1.29 is 9.59 Å². The number of anilines is 1. The molecule has 4 nitrogen and oxygen atoms in total. The largest absolute Gasteiger partial charge is 0.345 e. The molecule has 2 amide bonds. The molecule has 1 aliphatic heterocycles. The van der Waals surface area contributed by atoms with Gasteiger partial charge in [0.2, 0.25) is 11.8 Å². The summed E-state index contributed by atoms with van der Waals surface area (Å²) in [7, 11) is 0. The Morgan fingerprint density at radius 3 is 2.59 bits per heavy atom. The van der Waals surface area contributed by atoms with E-state index in [-0.39, 0.29) is 11.8 Å². The van der Waals surface area contributed by atoms with Crippen LogP contribution in [-0.2, 0) is 9.59 Å². The molecular formula is C23H30N2O2. The van der Waals surface area contributed by atoms with Crippen molar-refractivity contribution in [2.75, 3.05) is 18.0 Å². The molecule has 4 heteroatoms. The maximum absolute atomic E-state index is 12.0. The van der Waals surface area contributed by atoms with Gasteiger partial charge in [-0.25, -0.2) is 0 Å². The maximum atomic E-state index is 12.0. The van der Waals surface area contributed by atoms with Crippen LogP contribution in [0, 0.1) is 17.8 Å². The summed E-state index contributed by atoms with van der Waals surface area (Å²) in [5, 5.41) is 2.90. The van der Waals surface area contributed by atoms with Crippen LogP contribution in [0.25, 0.3) is 0 Å². The topological polar surface area (TPSA) is 49.4 Å². The lowest BCUT2D eigenvalue weighted by molar-refractivity contribution is -0.121. The summed E-state index contributed by atoms with van der Waals surface area (Å²) in [5.74, 6) is 7.14. The Bertz CT molecular complexity index is 693. The van der Waals surface area contributed by atoms with E-state index >= 15 is 0 Å². The summed E-state index contributed by atoms with van der Waals surface area (Å²) in [4.78, 5) is 25.8. The molecule has 1 heterocycles. The fourth-order valence-corrected chi connectivity index (χ4v) is 3.99. The lowest BCUT2D eigenvalue weighted by Crippen LogP contribution is -2.35. The number of hydrogen-bond donors (Lipinski definition) is 1. The van der Waals surface area contributed by atoms with E-state index in [2.05, 4.69) is 17.2 Å². The first-order chi connectivity index (χ1) is 13.2. The predicted molar refractivity (Wildman–Crippen MR) is 108 cm³/mol. The fourth-order valence-electron chi connectivity index (χ4n) is 3.99. The minimum absolute atomic E-state index is 0.105. The number of carbonyl (C=O) groups is 2. The van der Waals surface area contributed by atoms with Crippen LogP contribution in [0.1, 0.15) is 69.8 Å². The molecule has 1 saturated carbocycles. The van der Waals surface area contributed by atoms with Crippen molar-refractivity contribution in [3.8, 4) is 11.8 Å². The van der Waals surface area contributed by atoms with E-state index in [0.29, 0.717) is 19.4 Å². The number of nitrogens with zero attached hydrogens (tertiary/aromatic N) is 1. The molecule has 1 aliphatic carbocycles. The SMILES string of the molecule is O=C(CCC1CCCCC1)NCC#Cc1ccc(N2CCCCC2=O)cc1. The van der Waals surface area contributed by atoms with Gasteiger partial charge in [0.1, 0.15) is 0 Å². The molecule has 0 unspecified atom stereocenters. The smallest absolute Gasteiger partial charge is 0.226 e. The molecule has 2 aliphatic rings. The minimum atomic E-state index is 0.105. The molecule has 0 aromatic heterocycles. The average molecular weight is 367 g/mol. The van der Waals surface area contributed by atoms with Gasteiger partial charge in [-0.1, -0.05) is 43.9 Å². The van der Waals surface area contributed by atoms with Crippen molar-refractivity contribution in [1.29, 1.82) is 0 Å². The van der Waals surface area contributed by atoms with Crippen LogP contribution in [0.3, 0.4) is 0 Å². The van der Waals surface area contributed by atoms with Gasteiger partial charge in [-0.15, -0.1) is 0 Å². The number of hydrogen-bond acceptors (Lipinski definition) is 2. The third-order valence-electron chi connectivity index (χ3n) is 5.61. The zero-order valence-corrected chi connectivity index (χ0v) is 16.1. The number of piperidine rings is 1. The summed E-state index contributed by atoms with van der Waals surface area (Å²) in [6.45, 7) is 1.19. The maximum Gasteiger partial charge on any atom is 0.226 e. The first kappa shape index (κ1) is 19.5. The third-order valence-corrected chi connectivity index (χ3v) is 5.61. The molecule has 27 heavy (non-hydrogen) atoms. The molecule has 0 bridgehead atoms. The van der Waals surface area contributed by atoms with E-state index in [1.807, 2.05) is 29.2 Å². The van der Waals surface area contributed by atoms with Gasteiger partial charge in [0.05, 0.1) is 6.54 Å². The summed E-state index contributed by atoms with van der Waals surface area (Å²) in [5.41, 5.74) is 1.85. The Morgan fingerprint density at radius 2 is 1.85 bits per heavy atom. The van der Waals surface area contributed by atoms with Gasteiger partial charge in [0.15, 0.2) is 0 Å². The van der Waals surface area contributed by atoms with Crippen LogP contribution in [0.5, 0.6) is 0 Å². The highest BCUT2D eigenvalue weighted by molar-refractivity contribution is 5.94. The van der Waals surface area contributed by atoms with E-state index in [1.165, 1.54) is 32.1 Å². The highest BCUT2D eigenvalue weighted by Gasteiger charge is 2.19. The molecule has 0 spiro atoms. The van der Waals surface area contributed by atoms with Gasteiger partial charge in [0.25, 0.3) is 0 Å². The quantitative estimate of drug-likeness (QED) is 0.800. The van der Waals surface area contributed by atoms with Crippen molar-refractivity contribution in [3.05, 3.63) is 29.8 Å². The van der Waals surface area contributed by atoms with E-state index in [4.69, 9.17) is 0 Å². The van der Waals surface area contributed by atoms with Crippen LogP contribution in [0.4, 0.5) is 5.69 Å². The van der Waals surface area contributed by atoms with Gasteiger partial charge >= 0.3 is 0 Å². The second-order valence-electron chi connectivity index (χ2n) is 7.67. The van der Waals surface area contributed by atoms with Crippen molar-refractivity contribution in [1.82, 2.24) is 5.32 Å². The first-order valence-electron chi connectivity index (χ1n) is 10.4. The first-order valence-corrected chi connectivity index (χ1v) is 10.4. The molecular weight excluding hydrogens is 336 g/mol. The van der Waals surface area contributed by atoms with E-state index in [9.17, 15) is 9.59 Å². The molecule has 0 atom stereocenters. The molecule has 3 rings (SSSR count). The average Bonchev–Trinajstić information content (AvgIpc) is 2.71. The second-order valence-corrected chi connectivity index (χ2v) is 7.67. The van der Waals surface area contributed by atoms with Crippen LogP contribution >= 0.6 is 0 Å². The molecule has 1 aromatic carbocycles. The Hall–Kier alpha value is -2.28. The third kappa shape index (κ3) is 6.13. The van der Waals surface area contributed by atoms with Crippen LogP contribution in [0.2, 0.25) is 0 Å². The molecule has 144 valence electrons. The van der Waals surface area contributed by atoms with Gasteiger partial charge in [-0.2, -0.15) is 0 Å². The molecule has 1 N–H and O–H groups in total. The van der Waals surface area contributed by atoms with Crippen LogP contribution in [-0.4, -0.2) is 24.9 Å². The van der Waals surface area contributed by atoms with Crippen molar-refractivity contribution in [2.24, 2.45) is 5.92 Å². The van der Waals surface area contributed by atoms with E-state index in [1.54, 1.807) is 0 Å². The zero-order chi connectivity index (χ0) is 18.9. The number of nitrogens with one attached hydrogen (secondary N) is 1. The van der Waals surface area contributed by atoms with Crippen LogP contribution in [0.15, 0.2) is 24.3 Å². The van der Waals surface area contributed by atoms with E-state index in [0.717, 1.165) is 43.0 Å². The Kier molecular flexibility index (Phi) is 7.33. The number of carbonyl (C=O) groups excluding carboxylic acids is 2. The molecule has 2 fully saturated rings. The summed E-state index contributed by atoms with van der Waals surface area (Å²) < 4.78 is 0. The van der Waals surface area contributed by atoms with Gasteiger partial charge < -0.3 is 10.2 Å². The minimum Gasteiger partial charge on any atom is -0.345 e. The standard InChI is InChI=1S/C23H30N2O2/c26-22(16-13-19-7-2-1-3-8-19)24-17-6-9-20-11-14-21(15-12-20)25-18-5-4-10-23(25)27/h11-12,14-15,19H,1-5,7-8,10,13,16-18H2,(H,24,26). The summed E-state index contributed by atoms with van der Waals surface area (Å²) >= 11 is 0. The van der Waals surface area contributed by atoms with Gasteiger partial charge in [-0.05, 0) is 49.4 Å². The van der Waals surface area contributed by atoms with Crippen molar-refractivity contribution >= 4 is 17.5 Å². The van der Waals surface area contributed by atoms with Gasteiger partial charge in [0, 0.05) is 30.6 Å².